The Bertz CT molecular complexity index is 345. The number of hydrogen-bond donors (Lipinski definition) is 7. The van der Waals surface area contributed by atoms with Crippen LogP contribution in [0.2, 0.25) is 0 Å². The Balaban J connectivity index is 0. The molecule has 1 amide bonds. The highest BCUT2D eigenvalue weighted by molar-refractivity contribution is 5.81. The Morgan fingerprint density at radius 1 is 1.08 bits per heavy atom. The molecule has 9 heteroatoms. The van der Waals surface area contributed by atoms with Gasteiger partial charge in [-0.2, -0.15) is 0 Å². The van der Waals surface area contributed by atoms with Gasteiger partial charge < -0.3 is 36.8 Å². The normalized spacial score (nSPS) is 12.1. The minimum Gasteiger partial charge on any atom is -0.481 e. The maximum Gasteiger partial charge on any atom is 0.305 e. The lowest BCUT2D eigenvalue weighted by molar-refractivity contribution is -0.138. The molecule has 25 heavy (non-hydrogen) atoms. The molecule has 0 saturated carbocycles. The summed E-state index contributed by atoms with van der Waals surface area (Å²) in [5.41, 5.74) is 4.36. The van der Waals surface area contributed by atoms with Crippen LogP contribution >= 0.6 is 0 Å². The quantitative estimate of drug-likeness (QED) is 0.197. The standard InChI is InChI=1S/C9H17NO5.C7H18N2O/c1-9(2,5-11)7(14)8(15)10-4-3-6(12)13;8-4-1-2-5-9-6-3-7-10/h7,11,14H,3-5H2,1-2H3,(H,10,15)(H,12,13);9-10H,1-8H2. The molecular weight excluding hydrogens is 330 g/mol. The Hall–Kier alpha value is -1.26. The number of carboxylic acid groups (broad SMARTS) is 1. The first kappa shape index (κ1) is 26.0. The largest absolute Gasteiger partial charge is 0.481 e. The van der Waals surface area contributed by atoms with Crippen LogP contribution in [0.4, 0.5) is 0 Å². The van der Waals surface area contributed by atoms with Crippen molar-refractivity contribution in [2.75, 3.05) is 39.4 Å². The van der Waals surface area contributed by atoms with E-state index in [0.717, 1.165) is 38.9 Å². The summed E-state index contributed by atoms with van der Waals surface area (Å²) in [4.78, 5) is 21.4. The van der Waals surface area contributed by atoms with Crippen molar-refractivity contribution in [1.82, 2.24) is 10.6 Å². The van der Waals surface area contributed by atoms with E-state index in [1.54, 1.807) is 0 Å². The Labute approximate surface area is 149 Å². The van der Waals surface area contributed by atoms with Gasteiger partial charge in [0.15, 0.2) is 0 Å². The second kappa shape index (κ2) is 16.2. The highest BCUT2D eigenvalue weighted by Crippen LogP contribution is 2.19. The minimum atomic E-state index is -1.35. The molecule has 0 aromatic rings. The molecule has 8 N–H and O–H groups in total. The Morgan fingerprint density at radius 2 is 1.68 bits per heavy atom. The highest BCUT2D eigenvalue weighted by atomic mass is 16.4. The third-order valence-corrected chi connectivity index (χ3v) is 3.35. The molecule has 0 aromatic heterocycles. The average molecular weight is 365 g/mol. The summed E-state index contributed by atoms with van der Waals surface area (Å²) in [6, 6.07) is 0. The van der Waals surface area contributed by atoms with Gasteiger partial charge in [-0.05, 0) is 38.9 Å². The van der Waals surface area contributed by atoms with Gasteiger partial charge in [0.2, 0.25) is 5.91 Å². The van der Waals surface area contributed by atoms with Crippen LogP contribution in [-0.2, 0) is 9.59 Å². The van der Waals surface area contributed by atoms with Crippen LogP contribution in [0, 0.1) is 5.41 Å². The van der Waals surface area contributed by atoms with E-state index < -0.39 is 23.4 Å². The van der Waals surface area contributed by atoms with Crippen LogP contribution in [0.5, 0.6) is 0 Å². The lowest BCUT2D eigenvalue weighted by Crippen LogP contribution is -2.45. The number of aliphatic hydroxyl groups is 3. The zero-order valence-corrected chi connectivity index (χ0v) is 15.3. The van der Waals surface area contributed by atoms with Crippen molar-refractivity contribution in [3.8, 4) is 0 Å². The van der Waals surface area contributed by atoms with E-state index in [1.165, 1.54) is 13.8 Å². The fourth-order valence-electron chi connectivity index (χ4n) is 1.55. The zero-order valence-electron chi connectivity index (χ0n) is 15.3. The van der Waals surface area contributed by atoms with Gasteiger partial charge in [0.25, 0.3) is 0 Å². The lowest BCUT2D eigenvalue weighted by atomic mass is 9.87. The van der Waals surface area contributed by atoms with Gasteiger partial charge >= 0.3 is 5.97 Å². The number of nitrogens with two attached hydrogens (primary N) is 1. The number of aliphatic hydroxyl groups excluding tert-OH is 3. The fraction of sp³-hybridized carbons (Fsp3) is 0.875. The zero-order chi connectivity index (χ0) is 19.7. The first-order valence-electron chi connectivity index (χ1n) is 8.53. The monoisotopic (exact) mass is 365 g/mol. The molecule has 1 atom stereocenters. The van der Waals surface area contributed by atoms with Gasteiger partial charge in [0, 0.05) is 18.6 Å². The van der Waals surface area contributed by atoms with Gasteiger partial charge in [-0.15, -0.1) is 0 Å². The molecule has 9 nitrogen and oxygen atoms in total. The summed E-state index contributed by atoms with van der Waals surface area (Å²) in [6.45, 7) is 5.71. The van der Waals surface area contributed by atoms with E-state index in [-0.39, 0.29) is 26.2 Å². The van der Waals surface area contributed by atoms with Crippen molar-refractivity contribution >= 4 is 11.9 Å². The van der Waals surface area contributed by atoms with Crippen LogP contribution in [0.3, 0.4) is 0 Å². The smallest absolute Gasteiger partial charge is 0.305 e. The number of carboxylic acids is 1. The number of rotatable bonds is 13. The first-order chi connectivity index (χ1) is 11.7. The topological polar surface area (TPSA) is 165 Å². The summed E-state index contributed by atoms with van der Waals surface area (Å²) in [7, 11) is 0. The summed E-state index contributed by atoms with van der Waals surface area (Å²) in [5.74, 6) is -1.69. The number of unbranched alkanes of at least 4 members (excludes halogenated alkanes) is 1. The van der Waals surface area contributed by atoms with Gasteiger partial charge in [0.1, 0.15) is 6.10 Å². The Morgan fingerprint density at radius 3 is 2.16 bits per heavy atom. The molecule has 0 bridgehead atoms. The van der Waals surface area contributed by atoms with E-state index in [4.69, 9.17) is 21.1 Å². The van der Waals surface area contributed by atoms with Crippen LogP contribution in [-0.4, -0.2) is 77.8 Å². The average Bonchev–Trinajstić information content (AvgIpc) is 2.57. The lowest BCUT2D eigenvalue weighted by Gasteiger charge is -2.26. The third kappa shape index (κ3) is 16.0. The van der Waals surface area contributed by atoms with E-state index in [2.05, 4.69) is 10.6 Å². The van der Waals surface area contributed by atoms with Crippen molar-refractivity contribution in [3.05, 3.63) is 0 Å². The SMILES string of the molecule is CC(C)(CO)C(O)C(=O)NCCC(=O)O.NCCCCNCCCO. The van der Waals surface area contributed by atoms with Crippen molar-refractivity contribution in [2.45, 2.75) is 45.6 Å². The number of nitrogens with one attached hydrogen (secondary N) is 2. The van der Waals surface area contributed by atoms with Gasteiger partial charge in [-0.1, -0.05) is 13.8 Å². The second-order valence-corrected chi connectivity index (χ2v) is 6.31. The molecule has 0 aromatic carbocycles. The predicted molar refractivity (Wildman–Crippen MR) is 95.0 cm³/mol. The third-order valence-electron chi connectivity index (χ3n) is 3.35. The molecule has 0 rings (SSSR count). The van der Waals surface area contributed by atoms with E-state index in [0.29, 0.717) is 0 Å². The predicted octanol–water partition coefficient (Wildman–Crippen LogP) is -1.35. The highest BCUT2D eigenvalue weighted by Gasteiger charge is 2.32. The molecule has 1 unspecified atom stereocenters. The van der Waals surface area contributed by atoms with Crippen LogP contribution in [0.15, 0.2) is 0 Å². The molecule has 150 valence electrons. The fourth-order valence-corrected chi connectivity index (χ4v) is 1.55. The molecular formula is C16H35N3O6. The van der Waals surface area contributed by atoms with Crippen LogP contribution in [0.1, 0.15) is 39.5 Å². The Kier molecular flexibility index (Phi) is 16.9. The summed E-state index contributed by atoms with van der Waals surface area (Å²) >= 11 is 0. The van der Waals surface area contributed by atoms with Crippen LogP contribution in [0.25, 0.3) is 0 Å². The molecule has 0 aliphatic rings. The van der Waals surface area contributed by atoms with E-state index in [1.807, 2.05) is 0 Å². The number of aliphatic carboxylic acids is 1. The first-order valence-corrected chi connectivity index (χ1v) is 8.53. The van der Waals surface area contributed by atoms with Crippen LogP contribution < -0.4 is 16.4 Å². The molecule has 0 radical (unpaired) electrons. The van der Waals surface area contributed by atoms with E-state index in [9.17, 15) is 14.7 Å². The molecule has 0 spiro atoms. The van der Waals surface area contributed by atoms with Gasteiger partial charge in [-0.3, -0.25) is 9.59 Å². The molecule has 0 fully saturated rings. The number of carbonyl (C=O) groups excluding carboxylic acids is 1. The summed E-state index contributed by atoms with van der Waals surface area (Å²) < 4.78 is 0. The van der Waals surface area contributed by atoms with Gasteiger partial charge in [0.05, 0.1) is 13.0 Å². The molecule has 0 aliphatic heterocycles. The maximum absolute atomic E-state index is 11.3. The van der Waals surface area contributed by atoms with E-state index >= 15 is 0 Å². The van der Waals surface area contributed by atoms with Gasteiger partial charge in [-0.25, -0.2) is 0 Å². The molecule has 0 saturated heterocycles. The molecule has 0 aliphatic carbocycles. The summed E-state index contributed by atoms with van der Waals surface area (Å²) in [6.07, 6.45) is 1.53. The minimum absolute atomic E-state index is 0.0350. The number of hydrogen-bond acceptors (Lipinski definition) is 7. The summed E-state index contributed by atoms with van der Waals surface area (Å²) in [5, 5.41) is 40.6. The van der Waals surface area contributed by atoms with Crippen molar-refractivity contribution in [2.24, 2.45) is 11.1 Å². The molecule has 0 heterocycles. The van der Waals surface area contributed by atoms with Crippen molar-refractivity contribution in [3.63, 3.8) is 0 Å². The van der Waals surface area contributed by atoms with Crippen molar-refractivity contribution in [1.29, 1.82) is 0 Å². The maximum atomic E-state index is 11.3. The number of amides is 1. The number of carbonyl (C=O) groups is 2. The van der Waals surface area contributed by atoms with Crippen molar-refractivity contribution < 1.29 is 30.0 Å². The second-order valence-electron chi connectivity index (χ2n) is 6.31.